The zero-order valence-corrected chi connectivity index (χ0v) is 14.4. The van der Waals surface area contributed by atoms with Gasteiger partial charge in [0.1, 0.15) is 12.6 Å². The van der Waals surface area contributed by atoms with Gasteiger partial charge in [0.15, 0.2) is 0 Å². The van der Waals surface area contributed by atoms with Gasteiger partial charge in [-0.2, -0.15) is 0 Å². The van der Waals surface area contributed by atoms with Crippen LogP contribution in [0.1, 0.15) is 42.5 Å². The van der Waals surface area contributed by atoms with Crippen LogP contribution in [0.2, 0.25) is 0 Å². The Labute approximate surface area is 147 Å². The fourth-order valence-corrected chi connectivity index (χ4v) is 4.07. The first-order chi connectivity index (χ1) is 12.1. The first-order valence-electron chi connectivity index (χ1n) is 8.84. The van der Waals surface area contributed by atoms with Crippen LogP contribution in [0.15, 0.2) is 30.3 Å². The van der Waals surface area contributed by atoms with E-state index in [4.69, 9.17) is 0 Å². The number of fused-ring (bicyclic) bond motifs is 1. The molecule has 2 aliphatic rings. The number of methoxy groups -OCH3 is 1. The zero-order valence-electron chi connectivity index (χ0n) is 14.4. The molecule has 0 aromatic heterocycles. The number of rotatable bonds is 4. The largest absolute Gasteiger partial charge is 0.468 e. The van der Waals surface area contributed by atoms with E-state index in [1.807, 2.05) is 18.2 Å². The summed E-state index contributed by atoms with van der Waals surface area (Å²) in [6, 6.07) is 8.66. The number of nitrogens with one attached hydrogen (secondary N) is 1. The third-order valence-electron chi connectivity index (χ3n) is 5.28. The molecule has 25 heavy (non-hydrogen) atoms. The number of benzene rings is 1. The number of hydrogen-bond acceptors (Lipinski definition) is 4. The summed E-state index contributed by atoms with van der Waals surface area (Å²) < 4.78 is 4.57. The molecular weight excluding hydrogens is 320 g/mol. The standard InChI is InChI=1S/C19H24N2O4/c1-25-17(22)12-20-18(23)16-11-14-9-5-6-10-15(14)21(16)19(24)13-7-3-2-4-8-13/h2-4,7-8,14-16H,5-6,9-12H2,1H3,(H,20,23). The van der Waals surface area contributed by atoms with Crippen LogP contribution in [-0.2, 0) is 14.3 Å². The van der Waals surface area contributed by atoms with Crippen LogP contribution in [0.5, 0.6) is 0 Å². The lowest BCUT2D eigenvalue weighted by atomic mass is 9.84. The molecule has 2 fully saturated rings. The summed E-state index contributed by atoms with van der Waals surface area (Å²) in [6.45, 7) is -0.172. The van der Waals surface area contributed by atoms with E-state index in [0.29, 0.717) is 17.9 Å². The molecule has 1 saturated heterocycles. The number of ether oxygens (including phenoxy) is 1. The maximum atomic E-state index is 13.1. The Morgan fingerprint density at radius 3 is 2.60 bits per heavy atom. The average Bonchev–Trinajstić information content (AvgIpc) is 3.05. The van der Waals surface area contributed by atoms with Crippen LogP contribution in [-0.4, -0.2) is 48.4 Å². The fourth-order valence-electron chi connectivity index (χ4n) is 4.07. The van der Waals surface area contributed by atoms with E-state index in [1.165, 1.54) is 7.11 Å². The highest BCUT2D eigenvalue weighted by atomic mass is 16.5. The van der Waals surface area contributed by atoms with Crippen molar-refractivity contribution in [1.82, 2.24) is 10.2 Å². The molecule has 1 aromatic rings. The lowest BCUT2D eigenvalue weighted by Crippen LogP contribution is -2.50. The van der Waals surface area contributed by atoms with Crippen LogP contribution in [0.3, 0.4) is 0 Å². The normalized spacial score (nSPS) is 25.2. The summed E-state index contributed by atoms with van der Waals surface area (Å²) in [4.78, 5) is 38.8. The van der Waals surface area contributed by atoms with Crippen molar-refractivity contribution in [3.63, 3.8) is 0 Å². The van der Waals surface area contributed by atoms with Gasteiger partial charge in [-0.25, -0.2) is 0 Å². The van der Waals surface area contributed by atoms with E-state index in [-0.39, 0.29) is 24.4 Å². The van der Waals surface area contributed by atoms with Crippen molar-refractivity contribution < 1.29 is 19.1 Å². The van der Waals surface area contributed by atoms with Gasteiger partial charge in [0.2, 0.25) is 5.91 Å². The molecule has 6 nitrogen and oxygen atoms in total. The van der Waals surface area contributed by atoms with Crippen molar-refractivity contribution in [1.29, 1.82) is 0 Å². The Morgan fingerprint density at radius 2 is 1.88 bits per heavy atom. The monoisotopic (exact) mass is 344 g/mol. The molecule has 3 unspecified atom stereocenters. The van der Waals surface area contributed by atoms with Gasteiger partial charge < -0.3 is 15.0 Å². The van der Waals surface area contributed by atoms with Crippen molar-refractivity contribution >= 4 is 17.8 Å². The van der Waals surface area contributed by atoms with E-state index >= 15 is 0 Å². The summed E-state index contributed by atoms with van der Waals surface area (Å²) in [5.41, 5.74) is 0.597. The molecule has 2 amide bonds. The first-order valence-corrected chi connectivity index (χ1v) is 8.84. The van der Waals surface area contributed by atoms with Gasteiger partial charge in [-0.15, -0.1) is 0 Å². The van der Waals surface area contributed by atoms with Gasteiger partial charge in [-0.05, 0) is 37.3 Å². The van der Waals surface area contributed by atoms with Crippen LogP contribution < -0.4 is 5.32 Å². The van der Waals surface area contributed by atoms with E-state index in [0.717, 1.165) is 25.7 Å². The average molecular weight is 344 g/mol. The topological polar surface area (TPSA) is 75.7 Å². The zero-order chi connectivity index (χ0) is 17.8. The third kappa shape index (κ3) is 3.67. The Kier molecular flexibility index (Phi) is 5.36. The Hall–Kier alpha value is -2.37. The maximum Gasteiger partial charge on any atom is 0.325 e. The molecule has 1 aliphatic heterocycles. The fraction of sp³-hybridized carbons (Fsp3) is 0.526. The minimum Gasteiger partial charge on any atom is -0.468 e. The minimum absolute atomic E-state index is 0.104. The highest BCUT2D eigenvalue weighted by Crippen LogP contribution is 2.40. The SMILES string of the molecule is COC(=O)CNC(=O)C1CC2CCCCC2N1C(=O)c1ccccc1. The number of nitrogens with zero attached hydrogens (tertiary/aromatic N) is 1. The number of amides is 2. The first kappa shape index (κ1) is 17.5. The Balaban J connectivity index is 1.80. The van der Waals surface area contributed by atoms with Crippen molar-refractivity contribution in [3.8, 4) is 0 Å². The Bertz CT molecular complexity index is 646. The van der Waals surface area contributed by atoms with Crippen LogP contribution >= 0.6 is 0 Å². The molecule has 0 bridgehead atoms. The second kappa shape index (κ2) is 7.68. The second-order valence-electron chi connectivity index (χ2n) is 6.74. The summed E-state index contributed by atoms with van der Waals surface area (Å²) in [6.07, 6.45) is 4.87. The van der Waals surface area contributed by atoms with Gasteiger partial charge in [0.25, 0.3) is 5.91 Å². The molecular formula is C19H24N2O4. The van der Waals surface area contributed by atoms with Gasteiger partial charge >= 0.3 is 5.97 Å². The van der Waals surface area contributed by atoms with Gasteiger partial charge in [-0.1, -0.05) is 31.0 Å². The third-order valence-corrected chi connectivity index (χ3v) is 5.28. The lowest BCUT2D eigenvalue weighted by Gasteiger charge is -2.33. The molecule has 1 aliphatic carbocycles. The smallest absolute Gasteiger partial charge is 0.325 e. The lowest BCUT2D eigenvalue weighted by molar-refractivity contribution is -0.141. The molecule has 3 rings (SSSR count). The van der Waals surface area contributed by atoms with Gasteiger partial charge in [0.05, 0.1) is 7.11 Å². The van der Waals surface area contributed by atoms with Crippen molar-refractivity contribution in [2.45, 2.75) is 44.2 Å². The predicted molar refractivity (Wildman–Crippen MR) is 91.8 cm³/mol. The second-order valence-corrected chi connectivity index (χ2v) is 6.74. The van der Waals surface area contributed by atoms with Gasteiger partial charge in [0, 0.05) is 11.6 Å². The minimum atomic E-state index is -0.523. The van der Waals surface area contributed by atoms with Crippen LogP contribution in [0.4, 0.5) is 0 Å². The molecule has 1 saturated carbocycles. The molecule has 134 valence electrons. The van der Waals surface area contributed by atoms with Gasteiger partial charge in [-0.3, -0.25) is 14.4 Å². The molecule has 1 heterocycles. The van der Waals surface area contributed by atoms with E-state index < -0.39 is 12.0 Å². The number of carbonyl (C=O) groups excluding carboxylic acids is 3. The molecule has 0 spiro atoms. The molecule has 1 N–H and O–H groups in total. The number of likely N-dealkylation sites (tertiary alicyclic amines) is 1. The van der Waals surface area contributed by atoms with Crippen molar-refractivity contribution in [2.75, 3.05) is 13.7 Å². The number of esters is 1. The molecule has 3 atom stereocenters. The number of carbonyl (C=O) groups is 3. The van der Waals surface area contributed by atoms with E-state index in [2.05, 4.69) is 10.1 Å². The number of hydrogen-bond donors (Lipinski definition) is 1. The highest BCUT2D eigenvalue weighted by Gasteiger charge is 2.47. The van der Waals surface area contributed by atoms with E-state index in [1.54, 1.807) is 17.0 Å². The highest BCUT2D eigenvalue weighted by molar-refractivity contribution is 5.98. The van der Waals surface area contributed by atoms with Crippen molar-refractivity contribution in [2.24, 2.45) is 5.92 Å². The molecule has 6 heteroatoms. The Morgan fingerprint density at radius 1 is 1.16 bits per heavy atom. The van der Waals surface area contributed by atoms with Crippen molar-refractivity contribution in [3.05, 3.63) is 35.9 Å². The van der Waals surface area contributed by atoms with E-state index in [9.17, 15) is 14.4 Å². The summed E-state index contributed by atoms with van der Waals surface area (Å²) in [7, 11) is 1.28. The summed E-state index contributed by atoms with van der Waals surface area (Å²) >= 11 is 0. The molecule has 0 radical (unpaired) electrons. The quantitative estimate of drug-likeness (QED) is 0.845. The summed E-state index contributed by atoms with van der Waals surface area (Å²) in [5, 5.41) is 2.61. The predicted octanol–water partition coefficient (Wildman–Crippen LogP) is 1.75. The maximum absolute atomic E-state index is 13.1. The van der Waals surface area contributed by atoms with Crippen LogP contribution in [0.25, 0.3) is 0 Å². The summed E-state index contributed by atoms with van der Waals surface area (Å²) in [5.74, 6) is -0.516. The molecule has 1 aromatic carbocycles. The van der Waals surface area contributed by atoms with Crippen LogP contribution in [0, 0.1) is 5.92 Å².